The van der Waals surface area contributed by atoms with Gasteiger partial charge >= 0.3 is 0 Å². The van der Waals surface area contributed by atoms with E-state index in [0.29, 0.717) is 5.69 Å². The maximum absolute atomic E-state index is 8.23. The molecule has 0 aliphatic heterocycles. The van der Waals surface area contributed by atoms with E-state index < -0.39 is 0 Å². The fourth-order valence-electron chi connectivity index (χ4n) is 7.30. The zero-order chi connectivity index (χ0) is 31.1. The fraction of sp³-hybridized carbons (Fsp3) is 0. The van der Waals surface area contributed by atoms with Gasteiger partial charge in [0.25, 0.3) is 0 Å². The Kier molecular flexibility index (Phi) is 5.51. The van der Waals surface area contributed by atoms with Crippen molar-refractivity contribution in [3.63, 3.8) is 0 Å². The number of furan rings is 1. The lowest BCUT2D eigenvalue weighted by atomic mass is 9.99. The average molecular weight is 617 g/mol. The number of rotatable bonds is 3. The normalized spacial score (nSPS) is 11.8. The lowest BCUT2D eigenvalue weighted by molar-refractivity contribution is 0.670. The van der Waals surface area contributed by atoms with Crippen molar-refractivity contribution in [2.45, 2.75) is 0 Å². The molecule has 47 heavy (non-hydrogen) atoms. The Morgan fingerprint density at radius 1 is 0.511 bits per heavy atom. The van der Waals surface area contributed by atoms with Gasteiger partial charge in [0, 0.05) is 37.2 Å². The van der Waals surface area contributed by atoms with Crippen molar-refractivity contribution >= 4 is 80.9 Å². The van der Waals surface area contributed by atoms with Crippen molar-refractivity contribution in [2.24, 2.45) is 0 Å². The second-order valence-electron chi connectivity index (χ2n) is 12.0. The first-order chi connectivity index (χ1) is 23.3. The van der Waals surface area contributed by atoms with Gasteiger partial charge in [-0.15, -0.1) is 11.3 Å². The first-order valence-corrected chi connectivity index (χ1v) is 16.4. The molecule has 3 heterocycles. The van der Waals surface area contributed by atoms with Crippen molar-refractivity contribution in [1.82, 2.24) is 4.57 Å². The molecule has 0 aliphatic carbocycles. The Morgan fingerprint density at radius 2 is 1.26 bits per heavy atom. The molecule has 4 heteroatoms. The number of para-hydroxylation sites is 3. The molecular weight excluding hydrogens is 593 g/mol. The molecule has 3 aromatic heterocycles. The molecule has 0 bridgehead atoms. The maximum atomic E-state index is 8.23. The maximum Gasteiger partial charge on any atom is 0.205 e. The minimum absolute atomic E-state index is 0.659. The van der Waals surface area contributed by atoms with Crippen LogP contribution in [0.15, 0.2) is 150 Å². The van der Waals surface area contributed by atoms with Crippen LogP contribution in [0.4, 0.5) is 5.69 Å². The van der Waals surface area contributed by atoms with Crippen molar-refractivity contribution in [1.29, 1.82) is 0 Å². The summed E-state index contributed by atoms with van der Waals surface area (Å²) in [4.78, 5) is 4.06. The number of fused-ring (bicyclic) bond motifs is 9. The Bertz CT molecular complexity index is 2920. The Morgan fingerprint density at radius 3 is 2.15 bits per heavy atom. The van der Waals surface area contributed by atoms with Gasteiger partial charge in [0.2, 0.25) is 5.69 Å². The monoisotopic (exact) mass is 616 g/mol. The lowest BCUT2D eigenvalue weighted by Crippen LogP contribution is -1.94. The molecule has 3 nitrogen and oxygen atoms in total. The van der Waals surface area contributed by atoms with Crippen LogP contribution in [-0.4, -0.2) is 4.57 Å². The van der Waals surface area contributed by atoms with Gasteiger partial charge < -0.3 is 8.98 Å². The summed E-state index contributed by atoms with van der Waals surface area (Å²) in [6, 6.07) is 51.3. The third-order valence-corrected chi connectivity index (χ3v) is 10.7. The van der Waals surface area contributed by atoms with E-state index in [1.165, 1.54) is 37.6 Å². The largest absolute Gasteiger partial charge is 0.455 e. The van der Waals surface area contributed by atoms with Crippen LogP contribution in [0, 0.1) is 6.57 Å². The molecule has 0 amide bonds. The molecule has 0 radical (unpaired) electrons. The summed E-state index contributed by atoms with van der Waals surface area (Å²) in [6.45, 7) is 8.23. The van der Waals surface area contributed by atoms with Crippen molar-refractivity contribution < 1.29 is 4.42 Å². The number of hydrogen-bond acceptors (Lipinski definition) is 2. The molecule has 0 spiro atoms. The van der Waals surface area contributed by atoms with E-state index in [1.807, 2.05) is 24.3 Å². The molecule has 0 aliphatic rings. The highest BCUT2D eigenvalue weighted by Crippen LogP contribution is 2.47. The summed E-state index contributed by atoms with van der Waals surface area (Å²) in [7, 11) is 0. The molecule has 7 aromatic carbocycles. The van der Waals surface area contributed by atoms with Gasteiger partial charge in [-0.25, -0.2) is 4.85 Å². The van der Waals surface area contributed by atoms with Crippen LogP contribution in [0.3, 0.4) is 0 Å². The number of benzene rings is 7. The van der Waals surface area contributed by atoms with Gasteiger partial charge in [-0.05, 0) is 58.5 Å². The molecule has 0 saturated carbocycles. The Hall–Kier alpha value is -6.15. The van der Waals surface area contributed by atoms with E-state index in [2.05, 4.69) is 131 Å². The third kappa shape index (κ3) is 3.78. The zero-order valence-corrected chi connectivity index (χ0v) is 25.9. The quantitative estimate of drug-likeness (QED) is 0.181. The van der Waals surface area contributed by atoms with Crippen LogP contribution < -0.4 is 0 Å². The number of nitrogens with zero attached hydrogens (tertiary/aromatic N) is 2. The smallest absolute Gasteiger partial charge is 0.205 e. The van der Waals surface area contributed by atoms with Crippen LogP contribution in [0.2, 0.25) is 0 Å². The molecule has 10 rings (SSSR count). The van der Waals surface area contributed by atoms with Crippen molar-refractivity contribution in [2.75, 3.05) is 0 Å². The van der Waals surface area contributed by atoms with Crippen LogP contribution in [0.25, 0.3) is 96.7 Å². The molecule has 0 atom stereocenters. The van der Waals surface area contributed by atoms with Gasteiger partial charge in [-0.2, -0.15) is 0 Å². The first kappa shape index (κ1) is 26.1. The number of aromatic nitrogens is 1. The zero-order valence-electron chi connectivity index (χ0n) is 25.1. The summed E-state index contributed by atoms with van der Waals surface area (Å²) in [6.07, 6.45) is 0. The summed E-state index contributed by atoms with van der Waals surface area (Å²) >= 11 is 1.71. The molecule has 0 saturated heterocycles. The second-order valence-corrected chi connectivity index (χ2v) is 13.0. The number of hydrogen-bond donors (Lipinski definition) is 0. The van der Waals surface area contributed by atoms with Crippen LogP contribution in [0.5, 0.6) is 0 Å². The fourth-order valence-corrected chi connectivity index (χ4v) is 8.54. The van der Waals surface area contributed by atoms with Crippen LogP contribution in [-0.2, 0) is 0 Å². The standard InChI is InChI=1S/C43H24N2OS/c1-44-36-24-28(29-15-9-16-33-32-14-6-8-20-40(32)46-41(29)33)23-35-34-17-10-19-38(43(34)47-42(35)36)45-37-18-7-5-13-30(37)31-22-21-27(25-39(31)45)26-11-3-2-4-12-26/h2-25H. The van der Waals surface area contributed by atoms with Gasteiger partial charge in [-0.3, -0.25) is 0 Å². The molecular formula is C43H24N2OS. The van der Waals surface area contributed by atoms with E-state index in [4.69, 9.17) is 11.0 Å². The van der Waals surface area contributed by atoms with Gasteiger partial charge in [0.1, 0.15) is 11.2 Å². The highest BCUT2D eigenvalue weighted by molar-refractivity contribution is 7.26. The van der Waals surface area contributed by atoms with Crippen molar-refractivity contribution in [3.05, 3.63) is 157 Å². The Balaban J connectivity index is 1.25. The third-order valence-electron chi connectivity index (χ3n) is 9.42. The van der Waals surface area contributed by atoms with Crippen LogP contribution in [0.1, 0.15) is 0 Å². The topological polar surface area (TPSA) is 22.4 Å². The molecule has 218 valence electrons. The Labute approximate surface area is 274 Å². The molecule has 0 N–H and O–H groups in total. The predicted octanol–water partition coefficient (Wildman–Crippen LogP) is 12.9. The molecule has 10 aromatic rings. The first-order valence-electron chi connectivity index (χ1n) is 15.6. The van der Waals surface area contributed by atoms with Crippen molar-refractivity contribution in [3.8, 4) is 27.9 Å². The minimum Gasteiger partial charge on any atom is -0.455 e. The molecule has 0 unspecified atom stereocenters. The van der Waals surface area contributed by atoms with Gasteiger partial charge in [0.15, 0.2) is 0 Å². The summed E-state index contributed by atoms with van der Waals surface area (Å²) in [5.74, 6) is 0. The average Bonchev–Trinajstić information content (AvgIpc) is 3.81. The summed E-state index contributed by atoms with van der Waals surface area (Å²) in [5.41, 5.74) is 10.2. The van der Waals surface area contributed by atoms with Gasteiger partial charge in [0.05, 0.1) is 28.0 Å². The molecule has 0 fully saturated rings. The van der Waals surface area contributed by atoms with E-state index in [0.717, 1.165) is 54.2 Å². The highest BCUT2D eigenvalue weighted by atomic mass is 32.1. The summed E-state index contributed by atoms with van der Waals surface area (Å²) < 4.78 is 11.0. The SMILES string of the molecule is [C-]#[N+]c1cc(-c2cccc3c2oc2ccccc23)cc2c1sc1c(-n3c4ccccc4c4ccc(-c5ccccc5)cc43)cccc12. The van der Waals surface area contributed by atoms with Gasteiger partial charge in [-0.1, -0.05) is 109 Å². The van der Waals surface area contributed by atoms with E-state index in [-0.39, 0.29) is 0 Å². The number of thiophene rings is 1. The highest BCUT2D eigenvalue weighted by Gasteiger charge is 2.20. The lowest BCUT2D eigenvalue weighted by Gasteiger charge is -2.10. The summed E-state index contributed by atoms with van der Waals surface area (Å²) in [5, 5.41) is 6.87. The van der Waals surface area contributed by atoms with E-state index in [1.54, 1.807) is 11.3 Å². The predicted molar refractivity (Wildman–Crippen MR) is 198 cm³/mol. The van der Waals surface area contributed by atoms with Crippen LogP contribution >= 0.6 is 11.3 Å². The van der Waals surface area contributed by atoms with E-state index in [9.17, 15) is 0 Å². The minimum atomic E-state index is 0.659. The second kappa shape index (κ2) is 9.92. The van der Waals surface area contributed by atoms with E-state index >= 15 is 0 Å².